The van der Waals surface area contributed by atoms with Crippen molar-refractivity contribution in [3.8, 4) is 0 Å². The van der Waals surface area contributed by atoms with E-state index in [0.29, 0.717) is 31.0 Å². The highest BCUT2D eigenvalue weighted by Crippen LogP contribution is 2.36. The van der Waals surface area contributed by atoms with E-state index in [9.17, 15) is 19.0 Å². The van der Waals surface area contributed by atoms with Gasteiger partial charge in [0, 0.05) is 24.7 Å². The normalized spacial score (nSPS) is 14.8. The van der Waals surface area contributed by atoms with Gasteiger partial charge in [0.1, 0.15) is 6.04 Å². The van der Waals surface area contributed by atoms with Crippen LogP contribution in [0.1, 0.15) is 19.3 Å². The van der Waals surface area contributed by atoms with Crippen molar-refractivity contribution in [1.82, 2.24) is 4.90 Å². The van der Waals surface area contributed by atoms with E-state index in [1.807, 2.05) is 0 Å². The van der Waals surface area contributed by atoms with Crippen molar-refractivity contribution in [2.24, 2.45) is 5.73 Å². The van der Waals surface area contributed by atoms with E-state index in [0.717, 1.165) is 12.2 Å². The molecule has 1 atom stereocenters. The summed E-state index contributed by atoms with van der Waals surface area (Å²) in [5.41, 5.74) is 5.37. The molecule has 0 aliphatic rings. The Morgan fingerprint density at radius 3 is 1.79 bits per heavy atom. The van der Waals surface area contributed by atoms with Crippen LogP contribution in [0.2, 0.25) is 0 Å². The fourth-order valence-corrected chi connectivity index (χ4v) is 2.65. The van der Waals surface area contributed by atoms with Gasteiger partial charge in [-0.05, 0) is 19.4 Å². The summed E-state index contributed by atoms with van der Waals surface area (Å²) < 4.78 is 21.6. The minimum atomic E-state index is -4.37. The van der Waals surface area contributed by atoms with Crippen LogP contribution in [0.3, 0.4) is 0 Å². The lowest BCUT2D eigenvalue weighted by Crippen LogP contribution is -2.41. The van der Waals surface area contributed by atoms with Gasteiger partial charge >= 0.3 is 21.2 Å². The fraction of sp³-hybridized carbons (Fsp3) is 0.583. The number of unbranched alkanes of at least 4 members (excludes halogenated alkanes) is 1. The number of hydrogen-bond acceptors (Lipinski definition) is 5. The van der Waals surface area contributed by atoms with Gasteiger partial charge in [-0.15, -0.1) is 0 Å². The van der Waals surface area contributed by atoms with E-state index in [-0.39, 0.29) is 19.5 Å². The third kappa shape index (κ3) is 12.6. The Morgan fingerprint density at radius 2 is 1.46 bits per heavy atom. The van der Waals surface area contributed by atoms with E-state index in [1.165, 1.54) is 4.90 Å². The Morgan fingerprint density at radius 1 is 1.00 bits per heavy atom. The molecule has 0 amide bonds. The quantitative estimate of drug-likeness (QED) is 0.201. The van der Waals surface area contributed by atoms with Crippen LogP contribution in [0.15, 0.2) is 23.8 Å². The number of nitrogens with two attached hydrogens (primary N) is 1. The Hall–Kier alpha value is -0.830. The van der Waals surface area contributed by atoms with Gasteiger partial charge in [0.15, 0.2) is 0 Å². The van der Waals surface area contributed by atoms with E-state index in [1.54, 1.807) is 0 Å². The molecule has 0 bridgehead atoms. The van der Waals surface area contributed by atoms with Gasteiger partial charge in [0.2, 0.25) is 0 Å². The number of carbonyl (C=O) groups is 1. The van der Waals surface area contributed by atoms with E-state index in [4.69, 9.17) is 25.3 Å². The molecule has 0 aliphatic carbocycles. The Balaban J connectivity index is 5.12. The molecule has 0 saturated heterocycles. The van der Waals surface area contributed by atoms with Gasteiger partial charge in [0.05, 0.1) is 0 Å². The largest absolute Gasteiger partial charge is 0.480 e. The molecule has 7 N–H and O–H groups in total. The van der Waals surface area contributed by atoms with Crippen molar-refractivity contribution in [1.29, 1.82) is 0 Å². The molecule has 0 aromatic heterocycles. The first kappa shape index (κ1) is 23.2. The molecule has 0 aromatic carbocycles. The highest BCUT2D eigenvalue weighted by Gasteiger charge is 2.24. The monoisotopic (exact) mass is 386 g/mol. The molecule has 0 radical (unpaired) electrons. The van der Waals surface area contributed by atoms with Gasteiger partial charge < -0.3 is 30.4 Å². The van der Waals surface area contributed by atoms with Crippen LogP contribution < -0.4 is 5.73 Å². The summed E-state index contributed by atoms with van der Waals surface area (Å²) in [5.74, 6) is 0.179. The summed E-state index contributed by atoms with van der Waals surface area (Å²) in [4.78, 5) is 47.9. The highest BCUT2D eigenvalue weighted by molar-refractivity contribution is 7.55. The lowest BCUT2D eigenvalue weighted by molar-refractivity contribution is -0.143. The van der Waals surface area contributed by atoms with Crippen molar-refractivity contribution in [2.45, 2.75) is 25.3 Å². The second-order valence-electron chi connectivity index (χ2n) is 5.04. The first-order valence-corrected chi connectivity index (χ1v) is 10.5. The van der Waals surface area contributed by atoms with Crippen LogP contribution in [0.5, 0.6) is 0 Å². The average molecular weight is 386 g/mol. The Kier molecular flexibility index (Phi) is 10.5. The van der Waals surface area contributed by atoms with Crippen LogP contribution in [0, 0.1) is 0 Å². The molecule has 10 nitrogen and oxygen atoms in total. The van der Waals surface area contributed by atoms with Crippen molar-refractivity contribution < 1.29 is 38.6 Å². The third-order valence-corrected chi connectivity index (χ3v) is 4.13. The predicted molar refractivity (Wildman–Crippen MR) is 88.3 cm³/mol. The lowest BCUT2D eigenvalue weighted by atomic mass is 10.1. The van der Waals surface area contributed by atoms with Crippen molar-refractivity contribution in [3.63, 3.8) is 0 Å². The number of carboxylic acid groups (broad SMARTS) is 1. The highest BCUT2D eigenvalue weighted by atomic mass is 31.2. The maximum atomic E-state index is 11.4. The molecule has 0 saturated carbocycles. The van der Waals surface area contributed by atoms with E-state index in [2.05, 4.69) is 0 Å². The zero-order chi connectivity index (χ0) is 18.8. The fourth-order valence-electron chi connectivity index (χ4n) is 1.91. The van der Waals surface area contributed by atoms with E-state index < -0.39 is 27.2 Å². The number of aliphatic carboxylic acids is 1. The van der Waals surface area contributed by atoms with Crippen LogP contribution in [-0.4, -0.2) is 61.2 Å². The van der Waals surface area contributed by atoms with Gasteiger partial charge in [-0.25, -0.2) is 0 Å². The SMILES string of the molecule is NCCCC[C@@H](C(=O)O)N(CC=CP(=O)(O)O)CC=CP(=O)(O)O. The lowest BCUT2D eigenvalue weighted by Gasteiger charge is -2.26. The molecule has 0 rings (SSSR count). The molecule has 24 heavy (non-hydrogen) atoms. The van der Waals surface area contributed by atoms with Crippen molar-refractivity contribution >= 4 is 21.2 Å². The molecular formula is C12H24N2O8P2. The number of hydrogen-bond donors (Lipinski definition) is 6. The van der Waals surface area contributed by atoms with Gasteiger partial charge in [-0.2, -0.15) is 0 Å². The molecule has 0 aliphatic heterocycles. The van der Waals surface area contributed by atoms with E-state index >= 15 is 0 Å². The Bertz CT molecular complexity index is 505. The molecule has 0 heterocycles. The standard InChI is InChI=1S/C12H24N2O8P2/c13-6-2-1-5-11(12(15)16)14(7-3-9-23(17,18)19)8-4-10-24(20,21)22/h3-4,9-11H,1-2,5-8,13H2,(H,15,16)(H2,17,18,19)(H2,20,21,22)/t11-/m0/s1. The smallest absolute Gasteiger partial charge is 0.348 e. The van der Waals surface area contributed by atoms with Crippen LogP contribution >= 0.6 is 15.2 Å². The first-order chi connectivity index (χ1) is 11.0. The number of carboxylic acids is 1. The summed E-state index contributed by atoms with van der Waals surface area (Å²) in [6.07, 6.45) is 3.67. The zero-order valence-electron chi connectivity index (χ0n) is 13.0. The molecule has 0 spiro atoms. The predicted octanol–water partition coefficient (Wildman–Crippen LogP) is 0.253. The van der Waals surface area contributed by atoms with Crippen LogP contribution in [0.25, 0.3) is 0 Å². The molecular weight excluding hydrogens is 362 g/mol. The van der Waals surface area contributed by atoms with Crippen molar-refractivity contribution in [3.05, 3.63) is 23.8 Å². The van der Waals surface area contributed by atoms with Crippen LogP contribution in [0.4, 0.5) is 0 Å². The minimum absolute atomic E-state index is 0.101. The topological polar surface area (TPSA) is 182 Å². The third-order valence-electron chi connectivity index (χ3n) is 2.94. The molecule has 12 heteroatoms. The maximum Gasteiger partial charge on any atom is 0.348 e. The molecule has 0 fully saturated rings. The summed E-state index contributed by atoms with van der Waals surface area (Å²) >= 11 is 0. The second kappa shape index (κ2) is 10.9. The minimum Gasteiger partial charge on any atom is -0.480 e. The second-order valence-corrected chi connectivity index (χ2v) is 7.99. The summed E-state index contributed by atoms with van der Waals surface area (Å²) in [5, 5.41) is 9.33. The molecule has 0 aromatic rings. The first-order valence-electron chi connectivity index (χ1n) is 7.09. The molecule has 0 unspecified atom stereocenters. The summed E-state index contributed by atoms with van der Waals surface area (Å²) in [6, 6.07) is -0.973. The average Bonchev–Trinajstić information content (AvgIpc) is 2.39. The van der Waals surface area contributed by atoms with Crippen molar-refractivity contribution in [2.75, 3.05) is 19.6 Å². The van der Waals surface area contributed by atoms with Gasteiger partial charge in [0.25, 0.3) is 0 Å². The summed E-state index contributed by atoms with van der Waals surface area (Å²) in [7, 11) is -8.74. The Labute approximate surface area is 140 Å². The zero-order valence-corrected chi connectivity index (χ0v) is 14.8. The van der Waals surface area contributed by atoms with Gasteiger partial charge in [-0.1, -0.05) is 18.6 Å². The van der Waals surface area contributed by atoms with Gasteiger partial charge in [-0.3, -0.25) is 18.8 Å². The molecule has 140 valence electrons. The number of nitrogens with zero attached hydrogens (tertiary/aromatic N) is 1. The van der Waals surface area contributed by atoms with Crippen LogP contribution in [-0.2, 0) is 13.9 Å². The summed E-state index contributed by atoms with van der Waals surface area (Å²) in [6.45, 7) is 0.203. The maximum absolute atomic E-state index is 11.4. The number of rotatable bonds is 12.